The van der Waals surface area contributed by atoms with E-state index in [-0.39, 0.29) is 36.2 Å². The van der Waals surface area contributed by atoms with Crippen LogP contribution in [-0.2, 0) is 14.4 Å². The zero-order valence-electron chi connectivity index (χ0n) is 41.2. The Labute approximate surface area is 410 Å². The molecule has 70 heavy (non-hydrogen) atoms. The van der Waals surface area contributed by atoms with Crippen molar-refractivity contribution in [1.82, 2.24) is 15.5 Å². The number of rotatable bonds is 20. The summed E-state index contributed by atoms with van der Waals surface area (Å²) in [6.45, 7) is 7.96. The fraction of sp³-hybridized carbons (Fsp3) is 0.473. The number of hydrogen-bond donors (Lipinski definition) is 3. The lowest BCUT2D eigenvalue weighted by molar-refractivity contribution is -0.131. The molecule has 0 radical (unpaired) electrons. The molecule has 3 N–H and O–H groups in total. The Morgan fingerprint density at radius 3 is 2.09 bits per heavy atom. The Morgan fingerprint density at radius 1 is 0.757 bits per heavy atom. The number of methoxy groups -OCH3 is 2. The first-order chi connectivity index (χ1) is 33.8. The fourth-order valence-corrected chi connectivity index (χ4v) is 9.57. The summed E-state index contributed by atoms with van der Waals surface area (Å²) in [7, 11) is 3.09. The first-order valence-electron chi connectivity index (χ1n) is 24.9. The number of amides is 4. The van der Waals surface area contributed by atoms with Gasteiger partial charge in [-0.3, -0.25) is 34.0 Å². The third-order valence-corrected chi connectivity index (χ3v) is 13.8. The van der Waals surface area contributed by atoms with Crippen LogP contribution in [0.3, 0.4) is 0 Å². The van der Waals surface area contributed by atoms with Crippen LogP contribution in [0.25, 0.3) is 5.57 Å². The van der Waals surface area contributed by atoms with E-state index in [1.54, 1.807) is 61.5 Å². The second-order valence-corrected chi connectivity index (χ2v) is 19.3. The van der Waals surface area contributed by atoms with E-state index in [1.807, 2.05) is 38.4 Å². The molecule has 4 amide bonds. The average Bonchev–Trinajstić information content (AvgIpc) is 4.00. The number of aliphatic imine (C=N–C) groups is 2. The van der Waals surface area contributed by atoms with Gasteiger partial charge in [0.15, 0.2) is 28.8 Å². The SMILES string of the molecule is CCCCCC(=O)N[C@@H](C(=O)N[C@H](C)C(=O)Nc1ccc(C2=CN3C(=O)c4cc(OC)c(OCCCOc5cc6c(cc5OC)C(=O)CCC5C=C(C7CC7)C[C@@H]5/C=N\6)cc4N=C[C@H]3C2)cc1)C(C)C. The van der Waals surface area contributed by atoms with E-state index in [2.05, 4.69) is 29.0 Å². The smallest absolute Gasteiger partial charge is 0.260 e. The van der Waals surface area contributed by atoms with Crippen LogP contribution in [0, 0.1) is 23.7 Å². The molecule has 3 aromatic carbocycles. The maximum Gasteiger partial charge on any atom is 0.260 e. The summed E-state index contributed by atoms with van der Waals surface area (Å²) in [5, 5.41) is 8.43. The Morgan fingerprint density at radius 2 is 1.43 bits per heavy atom. The molecular formula is C55H66N6O9. The molecule has 1 fully saturated rings. The van der Waals surface area contributed by atoms with Crippen molar-refractivity contribution in [2.24, 2.45) is 33.7 Å². The van der Waals surface area contributed by atoms with Crippen molar-refractivity contribution >= 4 is 64.5 Å². The van der Waals surface area contributed by atoms with Crippen LogP contribution < -0.4 is 34.9 Å². The lowest BCUT2D eigenvalue weighted by Gasteiger charge is -2.24. The summed E-state index contributed by atoms with van der Waals surface area (Å²) in [4.78, 5) is 77.4. The van der Waals surface area contributed by atoms with Crippen LogP contribution in [0.1, 0.15) is 125 Å². The minimum Gasteiger partial charge on any atom is -0.493 e. The van der Waals surface area contributed by atoms with Crippen molar-refractivity contribution in [2.75, 3.05) is 32.8 Å². The van der Waals surface area contributed by atoms with Gasteiger partial charge in [-0.05, 0) is 92.2 Å². The van der Waals surface area contributed by atoms with Gasteiger partial charge in [-0.2, -0.15) is 0 Å². The number of benzene rings is 3. The van der Waals surface area contributed by atoms with Crippen LogP contribution in [0.4, 0.5) is 17.1 Å². The predicted molar refractivity (Wildman–Crippen MR) is 270 cm³/mol. The summed E-state index contributed by atoms with van der Waals surface area (Å²) < 4.78 is 23.7. The second-order valence-electron chi connectivity index (χ2n) is 19.3. The summed E-state index contributed by atoms with van der Waals surface area (Å²) in [6, 6.07) is 12.3. The van der Waals surface area contributed by atoms with Crippen LogP contribution in [0.15, 0.2) is 76.4 Å². The van der Waals surface area contributed by atoms with Crippen molar-refractivity contribution in [1.29, 1.82) is 0 Å². The standard InChI is InChI=1S/C55H66N6O9/c1-7-8-9-11-51(63)60-52(32(2)3)54(65)58-33(4)53(64)59-40-17-14-35(15-18-40)39-24-41-30-57-45-28-50(48(68-6)26-43(45)55(66)61(41)31-39)70-21-10-20-69-49-27-44-42(25-47(49)67-5)46(62)19-16-36-22-37(34-12-13-34)23-38(36)29-56-44/h14-15,17-18,22,25-34,36,38,41,52H,7-13,16,19-21,23-24H2,1-6H3,(H,58,65)(H,59,64)(H,60,63)/b56-29-/t33-,36?,38-,41-,52-/m1/s1. The molecule has 2 aliphatic carbocycles. The van der Waals surface area contributed by atoms with Gasteiger partial charge >= 0.3 is 0 Å². The van der Waals surface area contributed by atoms with E-state index in [0.29, 0.717) is 95.3 Å². The highest BCUT2D eigenvalue weighted by molar-refractivity contribution is 6.06. The van der Waals surface area contributed by atoms with Gasteiger partial charge in [-0.15, -0.1) is 0 Å². The van der Waals surface area contributed by atoms with Gasteiger partial charge in [0, 0.05) is 73.6 Å². The molecule has 0 aromatic heterocycles. The maximum absolute atomic E-state index is 14.1. The third-order valence-electron chi connectivity index (χ3n) is 13.8. The normalized spacial score (nSPS) is 20.4. The molecule has 0 saturated heterocycles. The third kappa shape index (κ3) is 11.6. The molecule has 3 heterocycles. The molecular weight excluding hydrogens is 889 g/mol. The number of Topliss-reactive ketones (excluding diaryl/α,β-unsaturated/α-hetero) is 1. The molecule has 3 aliphatic heterocycles. The highest BCUT2D eigenvalue weighted by Gasteiger charge is 2.36. The number of carbonyl (C=O) groups excluding carboxylic acids is 5. The van der Waals surface area contributed by atoms with Gasteiger partial charge in [0.05, 0.1) is 50.4 Å². The summed E-state index contributed by atoms with van der Waals surface area (Å²) >= 11 is 0. The zero-order chi connectivity index (χ0) is 49.5. The molecule has 15 heteroatoms. The van der Waals surface area contributed by atoms with Crippen LogP contribution in [0.5, 0.6) is 23.0 Å². The topological polar surface area (TPSA) is 186 Å². The lowest BCUT2D eigenvalue weighted by atomic mass is 9.91. The van der Waals surface area contributed by atoms with Gasteiger partial charge in [-0.1, -0.05) is 57.4 Å². The largest absolute Gasteiger partial charge is 0.493 e. The fourth-order valence-electron chi connectivity index (χ4n) is 9.57. The van der Waals surface area contributed by atoms with Crippen molar-refractivity contribution in [3.63, 3.8) is 0 Å². The van der Waals surface area contributed by atoms with Gasteiger partial charge in [0.1, 0.15) is 12.1 Å². The molecule has 5 atom stereocenters. The lowest BCUT2D eigenvalue weighted by Crippen LogP contribution is -2.53. The molecule has 3 aromatic rings. The molecule has 0 spiro atoms. The van der Waals surface area contributed by atoms with E-state index < -0.39 is 23.9 Å². The van der Waals surface area contributed by atoms with Gasteiger partial charge in [-0.25, -0.2) is 0 Å². The quantitative estimate of drug-likeness (QED) is 0.0733. The first-order valence-corrected chi connectivity index (χ1v) is 24.9. The van der Waals surface area contributed by atoms with Gasteiger partial charge in [0.25, 0.3) is 5.91 Å². The molecule has 0 bridgehead atoms. The van der Waals surface area contributed by atoms with Crippen LogP contribution >= 0.6 is 0 Å². The molecule has 15 nitrogen and oxygen atoms in total. The van der Waals surface area contributed by atoms with E-state index >= 15 is 0 Å². The van der Waals surface area contributed by atoms with Crippen molar-refractivity contribution in [3.05, 3.63) is 83.1 Å². The van der Waals surface area contributed by atoms with Crippen molar-refractivity contribution in [3.8, 4) is 23.0 Å². The second kappa shape index (κ2) is 22.3. The Kier molecular flexibility index (Phi) is 15.8. The number of fused-ring (bicyclic) bond motifs is 4. The Balaban J connectivity index is 0.842. The van der Waals surface area contributed by atoms with E-state index in [0.717, 1.165) is 49.2 Å². The average molecular weight is 955 g/mol. The van der Waals surface area contributed by atoms with Crippen molar-refractivity contribution < 1.29 is 42.9 Å². The Bertz CT molecular complexity index is 2600. The summed E-state index contributed by atoms with van der Waals surface area (Å²) in [6.07, 6.45) is 17.0. The zero-order valence-corrected chi connectivity index (χ0v) is 41.2. The van der Waals surface area contributed by atoms with Crippen LogP contribution in [-0.4, -0.2) is 92.3 Å². The van der Waals surface area contributed by atoms with Gasteiger partial charge in [0.2, 0.25) is 17.7 Å². The molecule has 1 unspecified atom stereocenters. The number of ether oxygens (including phenoxy) is 4. The predicted octanol–water partition coefficient (Wildman–Crippen LogP) is 9.34. The Hall–Kier alpha value is -6.77. The minimum atomic E-state index is -0.850. The molecule has 8 rings (SSSR count). The maximum atomic E-state index is 14.1. The minimum absolute atomic E-state index is 0.0588. The number of nitrogens with zero attached hydrogens (tertiary/aromatic N) is 3. The molecule has 370 valence electrons. The van der Waals surface area contributed by atoms with E-state index in [4.69, 9.17) is 28.9 Å². The number of hydrogen-bond acceptors (Lipinski definition) is 11. The molecule has 5 aliphatic rings. The number of carbonyl (C=O) groups is 5. The number of nitrogens with one attached hydrogen (secondary N) is 3. The summed E-state index contributed by atoms with van der Waals surface area (Å²) in [5.41, 5.74) is 5.88. The number of unbranched alkanes of at least 4 members (excludes halogenated alkanes) is 2. The van der Waals surface area contributed by atoms with Gasteiger partial charge < -0.3 is 39.8 Å². The van der Waals surface area contributed by atoms with E-state index in [1.165, 1.54) is 25.5 Å². The molecule has 1 saturated carbocycles. The van der Waals surface area contributed by atoms with Crippen LogP contribution in [0.2, 0.25) is 0 Å². The number of ketones is 1. The van der Waals surface area contributed by atoms with Crippen molar-refractivity contribution in [2.45, 2.75) is 116 Å². The highest BCUT2D eigenvalue weighted by atomic mass is 16.5. The van der Waals surface area contributed by atoms with E-state index in [9.17, 15) is 24.0 Å². The highest BCUT2D eigenvalue weighted by Crippen LogP contribution is 2.47. The number of anilines is 1. The monoisotopic (exact) mass is 954 g/mol. The first kappa shape index (κ1) is 49.6. The summed E-state index contributed by atoms with van der Waals surface area (Å²) in [5.74, 6) is 1.88. The number of allylic oxidation sites excluding steroid dienone is 2.